The molecule has 0 fully saturated rings. The molecule has 0 bridgehead atoms. The minimum absolute atomic E-state index is 1.38. The van der Waals surface area contributed by atoms with Gasteiger partial charge in [0.05, 0.1) is 0 Å². The third kappa shape index (κ3) is 4.95. The normalized spacial score (nSPS) is 7.88. The van der Waals surface area contributed by atoms with Crippen LogP contribution >= 0.6 is 0 Å². The van der Waals surface area contributed by atoms with E-state index in [0.29, 0.717) is 0 Å². The molecule has 0 unspecified atom stereocenters. The van der Waals surface area contributed by atoms with E-state index in [1.165, 1.54) is 5.92 Å². The van der Waals surface area contributed by atoms with Crippen LogP contribution in [0.2, 0.25) is 0 Å². The second-order valence-electron chi connectivity index (χ2n) is 0.948. The number of carboxylic acid groups (broad SMARTS) is 1. The summed E-state index contributed by atoms with van der Waals surface area (Å²) in [6.07, 6.45) is -1.86. The van der Waals surface area contributed by atoms with Gasteiger partial charge in [-0.25, -0.2) is 4.79 Å². The first-order valence-corrected chi connectivity index (χ1v) is 1.73. The third-order valence-electron chi connectivity index (χ3n) is 0.308. The van der Waals surface area contributed by atoms with Crippen LogP contribution in [0.3, 0.4) is 0 Å². The lowest BCUT2D eigenvalue weighted by molar-refractivity contribution is -0.130. The van der Waals surface area contributed by atoms with E-state index in [0.717, 1.165) is 0 Å². The van der Waals surface area contributed by atoms with E-state index in [1.54, 1.807) is 5.92 Å². The van der Waals surface area contributed by atoms with Crippen molar-refractivity contribution in [1.82, 2.24) is 0 Å². The predicted molar refractivity (Wildman–Crippen MR) is 23.6 cm³/mol. The molecule has 0 saturated carbocycles. The molecule has 44 valence electrons. The van der Waals surface area contributed by atoms with Crippen LogP contribution in [0.5, 0.6) is 0 Å². The molecule has 4 heteroatoms. The van der Waals surface area contributed by atoms with Crippen molar-refractivity contribution in [1.29, 1.82) is 0 Å². The molecule has 0 saturated heterocycles. The van der Waals surface area contributed by atoms with Gasteiger partial charge in [0, 0.05) is 5.92 Å². The molecule has 3 N–H and O–H groups in total. The van der Waals surface area contributed by atoms with Gasteiger partial charge >= 0.3 is 5.97 Å². The van der Waals surface area contributed by atoms with Gasteiger partial charge in [0.25, 0.3) is 0 Å². The van der Waals surface area contributed by atoms with E-state index < -0.39 is 12.3 Å². The first-order valence-electron chi connectivity index (χ1n) is 1.73. The quantitative estimate of drug-likeness (QED) is 0.262. The van der Waals surface area contributed by atoms with Gasteiger partial charge in [0.1, 0.15) is 0 Å². The fourth-order valence-electron chi connectivity index (χ4n) is 0.126. The highest BCUT2D eigenvalue weighted by Crippen LogP contribution is 1.65. The molecule has 8 heavy (non-hydrogen) atoms. The number of aliphatic hydroxyl groups excluding tert-OH is 1. The zero-order chi connectivity index (χ0) is 6.57. The standard InChI is InChI=1S/C4H4O4/c5-3(6)1-2-4(7)8/h3,5-6H,(H,7,8). The molecule has 0 aromatic rings. The fourth-order valence-corrected chi connectivity index (χ4v) is 0.126. The van der Waals surface area contributed by atoms with Crippen molar-refractivity contribution in [3.63, 3.8) is 0 Å². The second-order valence-corrected chi connectivity index (χ2v) is 0.948. The summed E-state index contributed by atoms with van der Waals surface area (Å²) in [7, 11) is 0. The lowest BCUT2D eigenvalue weighted by Gasteiger charge is -1.83. The second kappa shape index (κ2) is 3.02. The van der Waals surface area contributed by atoms with Gasteiger partial charge in [0.2, 0.25) is 6.29 Å². The summed E-state index contributed by atoms with van der Waals surface area (Å²) < 4.78 is 0. The van der Waals surface area contributed by atoms with Crippen LogP contribution in [0.25, 0.3) is 0 Å². The summed E-state index contributed by atoms with van der Waals surface area (Å²) in [6, 6.07) is 0. The Hall–Kier alpha value is -1.05. The maximum Gasteiger partial charge on any atom is 0.382 e. The minimum atomic E-state index is -1.86. The van der Waals surface area contributed by atoms with Crippen LogP contribution in [-0.2, 0) is 4.79 Å². The Morgan fingerprint density at radius 1 is 1.50 bits per heavy atom. The topological polar surface area (TPSA) is 77.8 Å². The molecule has 0 amide bonds. The summed E-state index contributed by atoms with van der Waals surface area (Å²) in [5.41, 5.74) is 0. The highest BCUT2D eigenvalue weighted by molar-refractivity contribution is 5.86. The zero-order valence-electron chi connectivity index (χ0n) is 3.83. The maximum absolute atomic E-state index is 9.51. The molecule has 0 heterocycles. The van der Waals surface area contributed by atoms with Crippen LogP contribution in [0, 0.1) is 11.8 Å². The van der Waals surface area contributed by atoms with Gasteiger partial charge in [0.15, 0.2) is 0 Å². The summed E-state index contributed by atoms with van der Waals surface area (Å²) >= 11 is 0. The van der Waals surface area contributed by atoms with Crippen molar-refractivity contribution in [2.45, 2.75) is 6.29 Å². The van der Waals surface area contributed by atoms with Gasteiger partial charge in [-0.05, 0) is 5.92 Å². The largest absolute Gasteiger partial charge is 0.472 e. The molecule has 0 aliphatic rings. The zero-order valence-corrected chi connectivity index (χ0v) is 3.83. The molecule has 0 aromatic carbocycles. The molecule has 0 atom stereocenters. The number of hydrogen-bond donors (Lipinski definition) is 3. The molecule has 4 nitrogen and oxygen atoms in total. The molecule has 0 rings (SSSR count). The summed E-state index contributed by atoms with van der Waals surface area (Å²) in [5.74, 6) is 1.74. The van der Waals surface area contributed by atoms with Crippen molar-refractivity contribution in [2.75, 3.05) is 0 Å². The van der Waals surface area contributed by atoms with Crippen molar-refractivity contribution in [3.05, 3.63) is 0 Å². The van der Waals surface area contributed by atoms with Crippen molar-refractivity contribution < 1.29 is 20.1 Å². The average molecular weight is 116 g/mol. The summed E-state index contributed by atoms with van der Waals surface area (Å²) in [6.45, 7) is 0. The Kier molecular flexibility index (Phi) is 2.62. The Morgan fingerprint density at radius 3 is 2.12 bits per heavy atom. The lowest BCUT2D eigenvalue weighted by Crippen LogP contribution is -2.00. The molecule has 0 radical (unpaired) electrons. The fraction of sp³-hybridized carbons (Fsp3) is 0.250. The molecule has 0 aromatic heterocycles. The van der Waals surface area contributed by atoms with Crippen molar-refractivity contribution in [2.24, 2.45) is 0 Å². The van der Waals surface area contributed by atoms with Crippen LogP contribution < -0.4 is 0 Å². The average Bonchev–Trinajstić information content (AvgIpc) is 1.61. The number of carboxylic acids is 1. The van der Waals surface area contributed by atoms with Crippen LogP contribution in [0.1, 0.15) is 0 Å². The summed E-state index contributed by atoms with van der Waals surface area (Å²) in [4.78, 5) is 9.51. The Balaban J connectivity index is 3.68. The smallest absolute Gasteiger partial charge is 0.382 e. The Bertz CT molecular complexity index is 138. The number of rotatable bonds is 0. The van der Waals surface area contributed by atoms with Crippen molar-refractivity contribution >= 4 is 5.97 Å². The molecular formula is C4H4O4. The highest BCUT2D eigenvalue weighted by atomic mass is 16.5. The highest BCUT2D eigenvalue weighted by Gasteiger charge is 1.87. The Labute approximate surface area is 45.4 Å². The van der Waals surface area contributed by atoms with E-state index in [-0.39, 0.29) is 0 Å². The third-order valence-corrected chi connectivity index (χ3v) is 0.308. The van der Waals surface area contributed by atoms with Gasteiger partial charge in [-0.1, -0.05) is 0 Å². The van der Waals surface area contributed by atoms with Crippen LogP contribution in [0.15, 0.2) is 0 Å². The first-order chi connectivity index (χ1) is 3.63. The SMILES string of the molecule is O=C(O)C#CC(O)O. The first kappa shape index (κ1) is 6.95. The van der Waals surface area contributed by atoms with Crippen molar-refractivity contribution in [3.8, 4) is 11.8 Å². The van der Waals surface area contributed by atoms with Crippen LogP contribution in [0.4, 0.5) is 0 Å². The molecule has 0 aliphatic heterocycles. The number of hydrogen-bond acceptors (Lipinski definition) is 3. The Morgan fingerprint density at radius 2 is 2.00 bits per heavy atom. The van der Waals surface area contributed by atoms with E-state index in [9.17, 15) is 4.79 Å². The molecule has 0 aliphatic carbocycles. The van der Waals surface area contributed by atoms with E-state index in [2.05, 4.69) is 0 Å². The number of carbonyl (C=O) groups is 1. The van der Waals surface area contributed by atoms with Gasteiger partial charge < -0.3 is 15.3 Å². The predicted octanol–water partition coefficient (Wildman–Crippen LogP) is -1.61. The van der Waals surface area contributed by atoms with E-state index in [4.69, 9.17) is 15.3 Å². The van der Waals surface area contributed by atoms with Gasteiger partial charge in [-0.3, -0.25) is 0 Å². The van der Waals surface area contributed by atoms with Crippen LogP contribution in [-0.4, -0.2) is 27.6 Å². The molecular weight excluding hydrogens is 112 g/mol. The number of aliphatic hydroxyl groups is 2. The molecule has 0 spiro atoms. The van der Waals surface area contributed by atoms with Gasteiger partial charge in [-0.2, -0.15) is 0 Å². The van der Waals surface area contributed by atoms with E-state index in [1.807, 2.05) is 0 Å². The monoisotopic (exact) mass is 116 g/mol. The van der Waals surface area contributed by atoms with Gasteiger partial charge in [-0.15, -0.1) is 0 Å². The lowest BCUT2D eigenvalue weighted by atomic mass is 10.6. The number of aliphatic carboxylic acids is 1. The summed E-state index contributed by atoms with van der Waals surface area (Å²) in [5, 5.41) is 23.6. The minimum Gasteiger partial charge on any atom is -0.472 e. The maximum atomic E-state index is 9.51. The van der Waals surface area contributed by atoms with E-state index >= 15 is 0 Å².